The van der Waals surface area contributed by atoms with Gasteiger partial charge in [0.25, 0.3) is 0 Å². The molecule has 1 atom stereocenters. The molecule has 5 heteroatoms. The molecule has 0 spiro atoms. The average molecular weight is 264 g/mol. The number of ether oxygens (including phenoxy) is 2. The van der Waals surface area contributed by atoms with Crippen LogP contribution in [0.15, 0.2) is 24.4 Å². The summed E-state index contributed by atoms with van der Waals surface area (Å²) in [6.07, 6.45) is 2.35. The van der Waals surface area contributed by atoms with E-state index in [9.17, 15) is 4.79 Å². The van der Waals surface area contributed by atoms with E-state index in [2.05, 4.69) is 4.98 Å². The monoisotopic (exact) mass is 264 g/mol. The van der Waals surface area contributed by atoms with Crippen LogP contribution >= 0.6 is 0 Å². The first-order valence-corrected chi connectivity index (χ1v) is 6.49. The zero-order valence-electron chi connectivity index (χ0n) is 11.6. The quantitative estimate of drug-likeness (QED) is 0.841. The molecule has 0 saturated carbocycles. The van der Waals surface area contributed by atoms with Crippen molar-refractivity contribution in [1.29, 1.82) is 0 Å². The molecule has 1 aromatic heterocycles. The van der Waals surface area contributed by atoms with Gasteiger partial charge in [-0.3, -0.25) is 0 Å². The Bertz CT molecular complexity index is 428. The molecule has 5 nitrogen and oxygen atoms in total. The fraction of sp³-hybridized carbons (Fsp3) is 0.571. The first-order chi connectivity index (χ1) is 8.96. The highest BCUT2D eigenvalue weighted by molar-refractivity contribution is 5.69. The summed E-state index contributed by atoms with van der Waals surface area (Å²) in [6, 6.07) is 5.59. The summed E-state index contributed by atoms with van der Waals surface area (Å²) in [4.78, 5) is 17.7. The Labute approximate surface area is 113 Å². The van der Waals surface area contributed by atoms with Gasteiger partial charge >= 0.3 is 6.09 Å². The van der Waals surface area contributed by atoms with Crippen molar-refractivity contribution in [1.82, 2.24) is 9.88 Å². The smallest absolute Gasteiger partial charge is 0.410 e. The molecule has 0 unspecified atom stereocenters. The first-order valence-electron chi connectivity index (χ1n) is 6.49. The van der Waals surface area contributed by atoms with E-state index in [4.69, 9.17) is 9.47 Å². The molecule has 104 valence electrons. The standard InChI is InChI=1S/C14H20N2O3/c1-14(2,3)19-13(17)16-9-7-11(16)10-18-12-6-4-5-8-15-12/h4-6,8,11H,7,9-10H2,1-3H3/t11-/m0/s1. The van der Waals surface area contributed by atoms with Crippen LogP contribution in [-0.2, 0) is 4.74 Å². The normalized spacial score (nSPS) is 18.7. The minimum atomic E-state index is -0.459. The molecule has 0 radical (unpaired) electrons. The van der Waals surface area contributed by atoms with Gasteiger partial charge in [-0.1, -0.05) is 6.07 Å². The summed E-state index contributed by atoms with van der Waals surface area (Å²) >= 11 is 0. The van der Waals surface area contributed by atoms with Gasteiger partial charge in [0.1, 0.15) is 12.2 Å². The van der Waals surface area contributed by atoms with Gasteiger partial charge in [0, 0.05) is 18.8 Å². The van der Waals surface area contributed by atoms with E-state index in [-0.39, 0.29) is 12.1 Å². The lowest BCUT2D eigenvalue weighted by Gasteiger charge is -2.40. The van der Waals surface area contributed by atoms with Crippen LogP contribution in [0.4, 0.5) is 4.79 Å². The maximum absolute atomic E-state index is 11.9. The number of pyridine rings is 1. The van der Waals surface area contributed by atoms with Crippen molar-refractivity contribution in [3.63, 3.8) is 0 Å². The van der Waals surface area contributed by atoms with E-state index < -0.39 is 5.60 Å². The van der Waals surface area contributed by atoms with Crippen LogP contribution in [0.2, 0.25) is 0 Å². The van der Waals surface area contributed by atoms with Gasteiger partial charge in [-0.2, -0.15) is 0 Å². The van der Waals surface area contributed by atoms with Crippen molar-refractivity contribution in [3.05, 3.63) is 24.4 Å². The van der Waals surface area contributed by atoms with Crippen LogP contribution in [0.3, 0.4) is 0 Å². The van der Waals surface area contributed by atoms with Crippen LogP contribution in [-0.4, -0.2) is 40.8 Å². The van der Waals surface area contributed by atoms with Crippen LogP contribution in [0.25, 0.3) is 0 Å². The highest BCUT2D eigenvalue weighted by Gasteiger charge is 2.35. The summed E-state index contributed by atoms with van der Waals surface area (Å²) in [5.74, 6) is 0.582. The summed E-state index contributed by atoms with van der Waals surface area (Å²) in [7, 11) is 0. The Kier molecular flexibility index (Phi) is 3.93. The third kappa shape index (κ3) is 3.84. The zero-order valence-corrected chi connectivity index (χ0v) is 11.6. The average Bonchev–Trinajstić information content (AvgIpc) is 2.26. The molecule has 1 saturated heterocycles. The van der Waals surface area contributed by atoms with Crippen molar-refractivity contribution >= 4 is 6.09 Å². The van der Waals surface area contributed by atoms with E-state index in [0.717, 1.165) is 13.0 Å². The lowest BCUT2D eigenvalue weighted by molar-refractivity contribution is -0.0144. The topological polar surface area (TPSA) is 51.7 Å². The second-order valence-electron chi connectivity index (χ2n) is 5.60. The maximum atomic E-state index is 11.9. The Morgan fingerprint density at radius 3 is 2.79 bits per heavy atom. The SMILES string of the molecule is CC(C)(C)OC(=O)N1CC[C@H]1COc1ccccn1. The molecule has 2 rings (SSSR count). The van der Waals surface area contributed by atoms with E-state index in [1.807, 2.05) is 32.9 Å². The Hall–Kier alpha value is -1.78. The summed E-state index contributed by atoms with van der Waals surface area (Å²) in [6.45, 7) is 6.78. The third-order valence-electron chi connectivity index (χ3n) is 2.83. The lowest BCUT2D eigenvalue weighted by atomic mass is 10.1. The van der Waals surface area contributed by atoms with Crippen molar-refractivity contribution in [3.8, 4) is 5.88 Å². The Morgan fingerprint density at radius 1 is 1.47 bits per heavy atom. The highest BCUT2D eigenvalue weighted by Crippen LogP contribution is 2.21. The molecule has 1 aliphatic heterocycles. The molecule has 0 N–H and O–H groups in total. The number of amides is 1. The fourth-order valence-corrected chi connectivity index (χ4v) is 1.79. The maximum Gasteiger partial charge on any atom is 0.410 e. The Morgan fingerprint density at radius 2 is 2.26 bits per heavy atom. The van der Waals surface area contributed by atoms with E-state index >= 15 is 0 Å². The van der Waals surface area contributed by atoms with Crippen LogP contribution in [0.5, 0.6) is 5.88 Å². The fourth-order valence-electron chi connectivity index (χ4n) is 1.79. The summed E-state index contributed by atoms with van der Waals surface area (Å²) in [5, 5.41) is 0. The van der Waals surface area contributed by atoms with Gasteiger partial charge < -0.3 is 14.4 Å². The zero-order chi connectivity index (χ0) is 13.9. The molecule has 1 aliphatic rings. The Balaban J connectivity index is 1.81. The summed E-state index contributed by atoms with van der Waals surface area (Å²) in [5.41, 5.74) is -0.459. The number of aromatic nitrogens is 1. The minimum absolute atomic E-state index is 0.0804. The molecule has 0 bridgehead atoms. The number of carbonyl (C=O) groups excluding carboxylic acids is 1. The molecule has 1 fully saturated rings. The highest BCUT2D eigenvalue weighted by atomic mass is 16.6. The first kappa shape index (κ1) is 13.6. The predicted molar refractivity (Wildman–Crippen MR) is 71.1 cm³/mol. The van der Waals surface area contributed by atoms with Gasteiger partial charge in [0.2, 0.25) is 5.88 Å². The van der Waals surface area contributed by atoms with Crippen molar-refractivity contribution < 1.29 is 14.3 Å². The van der Waals surface area contributed by atoms with Gasteiger partial charge in [-0.25, -0.2) is 9.78 Å². The third-order valence-corrected chi connectivity index (χ3v) is 2.83. The molecule has 1 amide bonds. The number of nitrogens with zero attached hydrogens (tertiary/aromatic N) is 2. The second kappa shape index (κ2) is 5.47. The molecular weight excluding hydrogens is 244 g/mol. The minimum Gasteiger partial charge on any atom is -0.475 e. The van der Waals surface area contributed by atoms with Crippen LogP contribution in [0.1, 0.15) is 27.2 Å². The second-order valence-corrected chi connectivity index (χ2v) is 5.60. The molecule has 1 aromatic rings. The largest absolute Gasteiger partial charge is 0.475 e. The summed E-state index contributed by atoms with van der Waals surface area (Å²) < 4.78 is 10.9. The molecule has 19 heavy (non-hydrogen) atoms. The van der Waals surface area contributed by atoms with Crippen LogP contribution < -0.4 is 4.74 Å². The predicted octanol–water partition coefficient (Wildman–Crippen LogP) is 2.47. The van der Waals surface area contributed by atoms with Gasteiger partial charge in [0.15, 0.2) is 0 Å². The molecule has 0 aromatic carbocycles. The number of carbonyl (C=O) groups is 1. The van der Waals surface area contributed by atoms with Crippen LogP contribution in [0, 0.1) is 0 Å². The number of hydrogen-bond acceptors (Lipinski definition) is 4. The number of rotatable bonds is 3. The van der Waals surface area contributed by atoms with Crippen molar-refractivity contribution in [2.24, 2.45) is 0 Å². The van der Waals surface area contributed by atoms with E-state index in [1.54, 1.807) is 17.2 Å². The molecule has 0 aliphatic carbocycles. The van der Waals surface area contributed by atoms with Gasteiger partial charge in [-0.15, -0.1) is 0 Å². The van der Waals surface area contributed by atoms with Crippen molar-refractivity contribution in [2.75, 3.05) is 13.2 Å². The molecule has 2 heterocycles. The van der Waals surface area contributed by atoms with E-state index in [1.165, 1.54) is 0 Å². The number of likely N-dealkylation sites (tertiary alicyclic amines) is 1. The van der Waals surface area contributed by atoms with E-state index in [0.29, 0.717) is 12.5 Å². The van der Waals surface area contributed by atoms with Gasteiger partial charge in [-0.05, 0) is 33.3 Å². The number of hydrogen-bond donors (Lipinski definition) is 0. The lowest BCUT2D eigenvalue weighted by Crippen LogP contribution is -2.55. The molecular formula is C14H20N2O3. The van der Waals surface area contributed by atoms with Crippen molar-refractivity contribution in [2.45, 2.75) is 38.8 Å². The van der Waals surface area contributed by atoms with Gasteiger partial charge in [0.05, 0.1) is 6.04 Å².